The van der Waals surface area contributed by atoms with Crippen LogP contribution in [-0.4, -0.2) is 46.3 Å². The molecule has 1 aliphatic heterocycles. The van der Waals surface area contributed by atoms with E-state index in [9.17, 15) is 27.6 Å². The van der Waals surface area contributed by atoms with E-state index in [2.05, 4.69) is 20.8 Å². The molecule has 1 aromatic carbocycles. The minimum atomic E-state index is -5.08. The molecule has 2 aliphatic carbocycles. The SMILES string of the molecule is CC(C(=O)Nc1cc([C@@H]2CC[C@@H](OC(=O)NC3(C)CC3)C2)[nH]n1)c1ccc(N2CCCC2=O)c(F)c1C(F)(F)F. The molecule has 2 aromatic rings. The highest BCUT2D eigenvalue weighted by Crippen LogP contribution is 2.42. The summed E-state index contributed by atoms with van der Waals surface area (Å²) in [6, 6.07) is 3.76. The summed E-state index contributed by atoms with van der Waals surface area (Å²) in [6.45, 7) is 3.34. The van der Waals surface area contributed by atoms with Crippen molar-refractivity contribution in [3.05, 3.63) is 40.8 Å². The van der Waals surface area contributed by atoms with Crippen molar-refractivity contribution in [1.29, 1.82) is 0 Å². The van der Waals surface area contributed by atoms with E-state index in [0.717, 1.165) is 36.3 Å². The smallest absolute Gasteiger partial charge is 0.419 e. The quantitative estimate of drug-likeness (QED) is 0.392. The molecule has 3 amide bonds. The lowest BCUT2D eigenvalue weighted by Crippen LogP contribution is -2.36. The van der Waals surface area contributed by atoms with Crippen LogP contribution in [0.15, 0.2) is 18.2 Å². The maximum atomic E-state index is 15.2. The van der Waals surface area contributed by atoms with Gasteiger partial charge < -0.3 is 20.3 Å². The van der Waals surface area contributed by atoms with Crippen molar-refractivity contribution in [3.8, 4) is 0 Å². The van der Waals surface area contributed by atoms with E-state index < -0.39 is 52.6 Å². The zero-order chi connectivity index (χ0) is 28.8. The van der Waals surface area contributed by atoms with Gasteiger partial charge in [-0.05, 0) is 64.0 Å². The number of halogens is 4. The third-order valence-corrected chi connectivity index (χ3v) is 8.01. The lowest BCUT2D eigenvalue weighted by Gasteiger charge is -2.23. The maximum absolute atomic E-state index is 15.2. The minimum Gasteiger partial charge on any atom is -0.446 e. The lowest BCUT2D eigenvalue weighted by molar-refractivity contribution is -0.141. The zero-order valence-electron chi connectivity index (χ0n) is 22.2. The van der Waals surface area contributed by atoms with Gasteiger partial charge in [0.25, 0.3) is 0 Å². The van der Waals surface area contributed by atoms with Gasteiger partial charge in [0.05, 0.1) is 17.2 Å². The van der Waals surface area contributed by atoms with Crippen molar-refractivity contribution in [2.75, 3.05) is 16.8 Å². The molecule has 3 atom stereocenters. The summed E-state index contributed by atoms with van der Waals surface area (Å²) in [5, 5.41) is 12.3. The molecular weight excluding hydrogens is 534 g/mol. The Kier molecular flexibility index (Phi) is 7.26. The Morgan fingerprint density at radius 2 is 2.00 bits per heavy atom. The third kappa shape index (κ3) is 5.78. The van der Waals surface area contributed by atoms with E-state index in [1.54, 1.807) is 6.07 Å². The number of benzene rings is 1. The average Bonchev–Trinajstić information content (AvgIpc) is 3.28. The lowest BCUT2D eigenvalue weighted by atomic mass is 9.93. The fourth-order valence-electron chi connectivity index (χ4n) is 5.40. The zero-order valence-corrected chi connectivity index (χ0v) is 22.2. The van der Waals surface area contributed by atoms with Gasteiger partial charge in [0.2, 0.25) is 11.8 Å². The molecule has 3 N–H and O–H groups in total. The Labute approximate surface area is 228 Å². The molecule has 5 rings (SSSR count). The monoisotopic (exact) mass is 565 g/mol. The topological polar surface area (TPSA) is 116 Å². The molecule has 0 radical (unpaired) electrons. The fraction of sp³-hybridized carbons (Fsp3) is 0.556. The number of hydrogen-bond donors (Lipinski definition) is 3. The minimum absolute atomic E-state index is 0.00310. The number of nitrogens with one attached hydrogen (secondary N) is 3. The number of aromatic amines is 1. The Bertz CT molecular complexity index is 1320. The van der Waals surface area contributed by atoms with E-state index in [-0.39, 0.29) is 36.3 Å². The molecule has 1 unspecified atom stereocenters. The molecule has 2 saturated carbocycles. The number of alkyl halides is 3. The van der Waals surface area contributed by atoms with Crippen LogP contribution in [0.5, 0.6) is 0 Å². The summed E-state index contributed by atoms with van der Waals surface area (Å²) in [6.07, 6.45) is -1.42. The molecule has 216 valence electrons. The standard InChI is InChI=1S/C27H31F4N5O4/c1-14(17-7-8-19(36-11-3-4-21(36)37)23(28)22(17)27(29,30)31)24(38)32-20-13-18(34-35-20)15-5-6-16(12-15)40-25(39)33-26(2)9-10-26/h7-8,13-16H,3-6,9-12H2,1-2H3,(H,33,39)(H2,32,34,35,38)/t14?,15-,16-/m1/s1. The molecule has 0 bridgehead atoms. The number of anilines is 2. The van der Waals surface area contributed by atoms with E-state index in [4.69, 9.17) is 4.74 Å². The van der Waals surface area contributed by atoms with Gasteiger partial charge in [-0.3, -0.25) is 14.7 Å². The summed E-state index contributed by atoms with van der Waals surface area (Å²) in [4.78, 5) is 38.0. The van der Waals surface area contributed by atoms with Gasteiger partial charge in [-0.2, -0.15) is 18.3 Å². The molecule has 1 aromatic heterocycles. The van der Waals surface area contributed by atoms with Crippen molar-refractivity contribution in [2.24, 2.45) is 0 Å². The number of rotatable bonds is 7. The van der Waals surface area contributed by atoms with Crippen LogP contribution in [-0.2, 0) is 20.5 Å². The second-order valence-electron chi connectivity index (χ2n) is 11.2. The second kappa shape index (κ2) is 10.4. The van der Waals surface area contributed by atoms with Crippen molar-refractivity contribution >= 4 is 29.4 Å². The number of hydrogen-bond acceptors (Lipinski definition) is 5. The molecule has 40 heavy (non-hydrogen) atoms. The Hall–Kier alpha value is -3.64. The number of carbonyl (C=O) groups excluding carboxylic acids is 3. The van der Waals surface area contributed by atoms with Crippen LogP contribution >= 0.6 is 0 Å². The van der Waals surface area contributed by atoms with Gasteiger partial charge >= 0.3 is 12.3 Å². The number of ether oxygens (including phenoxy) is 1. The third-order valence-electron chi connectivity index (χ3n) is 8.01. The molecule has 0 spiro atoms. The molecule has 1 saturated heterocycles. The van der Waals surface area contributed by atoms with Crippen molar-refractivity contribution in [2.45, 2.75) is 88.4 Å². The van der Waals surface area contributed by atoms with E-state index in [1.807, 2.05) is 6.92 Å². The van der Waals surface area contributed by atoms with Gasteiger partial charge in [-0.1, -0.05) is 6.07 Å². The second-order valence-corrected chi connectivity index (χ2v) is 11.2. The van der Waals surface area contributed by atoms with Crippen LogP contribution < -0.4 is 15.5 Å². The van der Waals surface area contributed by atoms with Gasteiger partial charge in [0.1, 0.15) is 6.10 Å². The first-order valence-electron chi connectivity index (χ1n) is 13.4. The van der Waals surface area contributed by atoms with Gasteiger partial charge in [-0.25, -0.2) is 9.18 Å². The van der Waals surface area contributed by atoms with Crippen LogP contribution in [0.3, 0.4) is 0 Å². The predicted molar refractivity (Wildman–Crippen MR) is 136 cm³/mol. The number of carbonyl (C=O) groups is 3. The first-order chi connectivity index (χ1) is 18.8. The molecule has 9 nitrogen and oxygen atoms in total. The van der Waals surface area contributed by atoms with Crippen LogP contribution in [0.1, 0.15) is 87.4 Å². The predicted octanol–water partition coefficient (Wildman–Crippen LogP) is 5.35. The summed E-state index contributed by atoms with van der Waals surface area (Å²) in [5.41, 5.74) is -2.02. The van der Waals surface area contributed by atoms with E-state index in [0.29, 0.717) is 25.0 Å². The van der Waals surface area contributed by atoms with E-state index >= 15 is 4.39 Å². The molecule has 13 heteroatoms. The average molecular weight is 566 g/mol. The summed E-state index contributed by atoms with van der Waals surface area (Å²) >= 11 is 0. The first kappa shape index (κ1) is 27.9. The molecule has 3 fully saturated rings. The highest BCUT2D eigenvalue weighted by molar-refractivity contribution is 5.97. The highest BCUT2D eigenvalue weighted by atomic mass is 19.4. The summed E-state index contributed by atoms with van der Waals surface area (Å²) in [5.74, 6) is -4.08. The molecule has 2 heterocycles. The Morgan fingerprint density at radius 1 is 1.25 bits per heavy atom. The number of alkyl carbamates (subject to hydrolysis) is 1. The summed E-state index contributed by atoms with van der Waals surface area (Å²) in [7, 11) is 0. The number of amides is 3. The van der Waals surface area contributed by atoms with Gasteiger partial charge in [0, 0.05) is 36.2 Å². The number of H-pyrrole nitrogens is 1. The van der Waals surface area contributed by atoms with Crippen LogP contribution in [0.2, 0.25) is 0 Å². The number of aromatic nitrogens is 2. The van der Waals surface area contributed by atoms with Gasteiger partial charge in [0.15, 0.2) is 11.6 Å². The largest absolute Gasteiger partial charge is 0.446 e. The first-order valence-corrected chi connectivity index (χ1v) is 13.4. The van der Waals surface area contributed by atoms with E-state index in [1.165, 1.54) is 6.92 Å². The summed E-state index contributed by atoms with van der Waals surface area (Å²) < 4.78 is 62.6. The fourth-order valence-corrected chi connectivity index (χ4v) is 5.40. The molecule has 3 aliphatic rings. The highest BCUT2D eigenvalue weighted by Gasteiger charge is 2.42. The number of nitrogens with zero attached hydrogens (tertiary/aromatic N) is 2. The van der Waals surface area contributed by atoms with Crippen molar-refractivity contribution in [1.82, 2.24) is 15.5 Å². The van der Waals surface area contributed by atoms with Crippen LogP contribution in [0, 0.1) is 5.82 Å². The van der Waals surface area contributed by atoms with Crippen molar-refractivity contribution < 1.29 is 36.7 Å². The van der Waals surface area contributed by atoms with Gasteiger partial charge in [-0.15, -0.1) is 0 Å². The normalized spacial score (nSPS) is 22.8. The Morgan fingerprint density at radius 3 is 2.65 bits per heavy atom. The Balaban J connectivity index is 1.24. The van der Waals surface area contributed by atoms with Crippen LogP contribution in [0.4, 0.5) is 33.9 Å². The van der Waals surface area contributed by atoms with Crippen LogP contribution in [0.25, 0.3) is 0 Å². The molecular formula is C27H31F4N5O4. The van der Waals surface area contributed by atoms with Crippen molar-refractivity contribution in [3.63, 3.8) is 0 Å². The maximum Gasteiger partial charge on any atom is 0.419 e.